The van der Waals surface area contributed by atoms with Gasteiger partial charge in [-0.1, -0.05) is 41.6 Å². The quantitative estimate of drug-likeness (QED) is 0.686. The van der Waals surface area contributed by atoms with Crippen molar-refractivity contribution in [3.05, 3.63) is 66.1 Å². The lowest BCUT2D eigenvalue weighted by Gasteiger charge is -2.07. The van der Waals surface area contributed by atoms with Crippen molar-refractivity contribution in [3.8, 4) is 16.9 Å². The molecule has 20 heavy (non-hydrogen) atoms. The zero-order valence-corrected chi connectivity index (χ0v) is 11.3. The summed E-state index contributed by atoms with van der Waals surface area (Å²) in [5.74, 6) is -0.0658. The van der Waals surface area contributed by atoms with Gasteiger partial charge in [-0.15, -0.1) is 16.7 Å². The van der Waals surface area contributed by atoms with Crippen LogP contribution in [0.15, 0.2) is 54.6 Å². The van der Waals surface area contributed by atoms with Crippen molar-refractivity contribution in [1.82, 2.24) is 15.0 Å². The second-order valence-electron chi connectivity index (χ2n) is 4.28. The van der Waals surface area contributed by atoms with Crippen molar-refractivity contribution in [2.24, 2.45) is 0 Å². The van der Waals surface area contributed by atoms with Crippen LogP contribution in [0.3, 0.4) is 0 Å². The van der Waals surface area contributed by atoms with E-state index in [1.807, 2.05) is 30.3 Å². The molecule has 3 rings (SSSR count). The summed E-state index contributed by atoms with van der Waals surface area (Å²) in [6, 6.07) is 15.9. The van der Waals surface area contributed by atoms with Crippen molar-refractivity contribution in [2.45, 2.75) is 5.88 Å². The van der Waals surface area contributed by atoms with Gasteiger partial charge in [0.25, 0.3) is 0 Å². The molecule has 100 valence electrons. The molecule has 0 radical (unpaired) electrons. The van der Waals surface area contributed by atoms with Gasteiger partial charge < -0.3 is 0 Å². The molecule has 0 bridgehead atoms. The highest BCUT2D eigenvalue weighted by Gasteiger charge is 2.15. The minimum atomic E-state index is -0.315. The number of hydrogen-bond acceptors (Lipinski definition) is 2. The fourth-order valence-corrected chi connectivity index (χ4v) is 2.26. The van der Waals surface area contributed by atoms with Gasteiger partial charge in [0, 0.05) is 5.56 Å². The van der Waals surface area contributed by atoms with E-state index in [2.05, 4.69) is 10.3 Å². The fourth-order valence-electron chi connectivity index (χ4n) is 2.08. The summed E-state index contributed by atoms with van der Waals surface area (Å²) in [6.45, 7) is 0. The average Bonchev–Trinajstić information content (AvgIpc) is 2.92. The number of alkyl halides is 1. The predicted octanol–water partition coefficient (Wildman–Crippen LogP) is 3.81. The highest BCUT2D eigenvalue weighted by Crippen LogP contribution is 2.26. The second-order valence-corrected chi connectivity index (χ2v) is 4.54. The molecule has 0 unspecified atom stereocenters. The van der Waals surface area contributed by atoms with Crippen LogP contribution in [-0.2, 0) is 5.88 Å². The van der Waals surface area contributed by atoms with Crippen molar-refractivity contribution in [1.29, 1.82) is 0 Å². The molecule has 1 heterocycles. The summed E-state index contributed by atoms with van der Waals surface area (Å²) < 4.78 is 15.0. The molecule has 0 saturated heterocycles. The molecule has 0 saturated carbocycles. The molecular weight excluding hydrogens is 277 g/mol. The van der Waals surface area contributed by atoms with Gasteiger partial charge in [-0.05, 0) is 18.2 Å². The van der Waals surface area contributed by atoms with Gasteiger partial charge in [0.1, 0.15) is 11.5 Å². The van der Waals surface area contributed by atoms with E-state index in [1.165, 1.54) is 12.1 Å². The minimum absolute atomic E-state index is 0.250. The maximum atomic E-state index is 13.4. The Balaban J connectivity index is 2.20. The molecule has 0 amide bonds. The Morgan fingerprint density at radius 3 is 2.55 bits per heavy atom. The molecule has 0 fully saturated rings. The zero-order valence-electron chi connectivity index (χ0n) is 10.5. The predicted molar refractivity (Wildman–Crippen MR) is 76.3 cm³/mol. The van der Waals surface area contributed by atoms with Crippen LogP contribution in [-0.4, -0.2) is 15.0 Å². The maximum Gasteiger partial charge on any atom is 0.125 e. The summed E-state index contributed by atoms with van der Waals surface area (Å²) in [5, 5.41) is 8.17. The highest BCUT2D eigenvalue weighted by molar-refractivity contribution is 6.17. The van der Waals surface area contributed by atoms with Crippen molar-refractivity contribution < 1.29 is 4.39 Å². The summed E-state index contributed by atoms with van der Waals surface area (Å²) >= 11 is 5.92. The molecule has 0 aliphatic carbocycles. The molecule has 0 spiro atoms. The molecular formula is C15H11ClFN3. The molecule has 0 N–H and O–H groups in total. The normalized spacial score (nSPS) is 10.7. The Bertz CT molecular complexity index is 725. The fraction of sp³-hybridized carbons (Fsp3) is 0.0667. The van der Waals surface area contributed by atoms with E-state index in [-0.39, 0.29) is 11.7 Å². The van der Waals surface area contributed by atoms with Gasteiger partial charge >= 0.3 is 0 Å². The Labute approximate surface area is 120 Å². The Kier molecular flexibility index (Phi) is 3.48. The molecule has 0 atom stereocenters. The molecule has 1 aromatic heterocycles. The summed E-state index contributed by atoms with van der Waals surface area (Å²) in [6.07, 6.45) is 0. The third-order valence-electron chi connectivity index (χ3n) is 2.97. The van der Waals surface area contributed by atoms with Crippen LogP contribution in [0, 0.1) is 5.82 Å². The first kappa shape index (κ1) is 12.8. The van der Waals surface area contributed by atoms with E-state index in [0.717, 1.165) is 11.3 Å². The van der Waals surface area contributed by atoms with Crippen LogP contribution in [0.1, 0.15) is 5.69 Å². The molecule has 0 aliphatic heterocycles. The van der Waals surface area contributed by atoms with Gasteiger partial charge in [0.05, 0.1) is 17.3 Å². The molecule has 5 heteroatoms. The van der Waals surface area contributed by atoms with Crippen LogP contribution in [0.2, 0.25) is 0 Å². The van der Waals surface area contributed by atoms with E-state index in [9.17, 15) is 4.39 Å². The van der Waals surface area contributed by atoms with Gasteiger partial charge in [-0.2, -0.15) is 0 Å². The first-order valence-electron chi connectivity index (χ1n) is 6.11. The lowest BCUT2D eigenvalue weighted by molar-refractivity contribution is 0.625. The number of halogens is 2. The van der Waals surface area contributed by atoms with Crippen molar-refractivity contribution in [3.63, 3.8) is 0 Å². The lowest BCUT2D eigenvalue weighted by atomic mass is 10.1. The van der Waals surface area contributed by atoms with E-state index in [0.29, 0.717) is 11.4 Å². The summed E-state index contributed by atoms with van der Waals surface area (Å²) in [4.78, 5) is 0. The summed E-state index contributed by atoms with van der Waals surface area (Å²) in [5.41, 5.74) is 3.01. The second kappa shape index (κ2) is 5.43. The SMILES string of the molecule is Fc1cccc(-n2nnc(CCl)c2-c2ccccc2)c1. The maximum absolute atomic E-state index is 13.4. The van der Waals surface area contributed by atoms with Crippen molar-refractivity contribution in [2.75, 3.05) is 0 Å². The van der Waals surface area contributed by atoms with Gasteiger partial charge in [0.2, 0.25) is 0 Å². The van der Waals surface area contributed by atoms with Gasteiger partial charge in [-0.25, -0.2) is 9.07 Å². The van der Waals surface area contributed by atoms with E-state index in [4.69, 9.17) is 11.6 Å². The standard InChI is InChI=1S/C15H11ClFN3/c16-10-14-15(11-5-2-1-3-6-11)20(19-18-14)13-8-4-7-12(17)9-13/h1-9H,10H2. The Hall–Kier alpha value is -2.20. The number of nitrogens with zero attached hydrogens (tertiary/aromatic N) is 3. The van der Waals surface area contributed by atoms with Crippen LogP contribution in [0.4, 0.5) is 4.39 Å². The first-order valence-corrected chi connectivity index (χ1v) is 6.65. The monoisotopic (exact) mass is 287 g/mol. The number of rotatable bonds is 3. The van der Waals surface area contributed by atoms with E-state index >= 15 is 0 Å². The first-order chi connectivity index (χ1) is 9.79. The van der Waals surface area contributed by atoms with Crippen molar-refractivity contribution >= 4 is 11.6 Å². The van der Waals surface area contributed by atoms with Crippen LogP contribution < -0.4 is 0 Å². The summed E-state index contributed by atoms with van der Waals surface area (Å²) in [7, 11) is 0. The largest absolute Gasteiger partial charge is 0.212 e. The molecule has 3 aromatic rings. The molecule has 2 aromatic carbocycles. The van der Waals surface area contributed by atoms with E-state index < -0.39 is 0 Å². The zero-order chi connectivity index (χ0) is 13.9. The Morgan fingerprint density at radius 1 is 1.05 bits per heavy atom. The van der Waals surface area contributed by atoms with Gasteiger partial charge in [0.15, 0.2) is 0 Å². The highest BCUT2D eigenvalue weighted by atomic mass is 35.5. The minimum Gasteiger partial charge on any atom is -0.212 e. The average molecular weight is 288 g/mol. The van der Waals surface area contributed by atoms with Crippen LogP contribution >= 0.6 is 11.6 Å². The van der Waals surface area contributed by atoms with E-state index in [1.54, 1.807) is 16.8 Å². The van der Waals surface area contributed by atoms with Crippen LogP contribution in [0.25, 0.3) is 16.9 Å². The van der Waals surface area contributed by atoms with Crippen LogP contribution in [0.5, 0.6) is 0 Å². The number of hydrogen-bond donors (Lipinski definition) is 0. The lowest BCUT2D eigenvalue weighted by Crippen LogP contribution is -2.00. The molecule has 0 aliphatic rings. The Morgan fingerprint density at radius 2 is 1.85 bits per heavy atom. The van der Waals surface area contributed by atoms with Gasteiger partial charge in [-0.3, -0.25) is 0 Å². The molecule has 3 nitrogen and oxygen atoms in total. The third-order valence-corrected chi connectivity index (χ3v) is 3.22. The topological polar surface area (TPSA) is 30.7 Å². The smallest absolute Gasteiger partial charge is 0.125 e. The number of aromatic nitrogens is 3. The third kappa shape index (κ3) is 2.30. The number of benzene rings is 2.